The molecule has 0 amide bonds. The zero-order chi connectivity index (χ0) is 15.7. The number of unbranched alkanes of at least 4 members (excludes halogenated alkanes) is 3. The Balaban J connectivity index is 2.40. The number of hydrogen-bond donors (Lipinski definition) is 0. The molecule has 0 aromatic carbocycles. The molecule has 1 unspecified atom stereocenters. The Morgan fingerprint density at radius 3 is 2.33 bits per heavy atom. The van der Waals surface area contributed by atoms with E-state index >= 15 is 0 Å². The maximum absolute atomic E-state index is 11.6. The minimum atomic E-state index is -0.777. The summed E-state index contributed by atoms with van der Waals surface area (Å²) in [5, 5.41) is 0. The first-order valence-electron chi connectivity index (χ1n) is 8.73. The molecule has 0 aromatic rings. The van der Waals surface area contributed by atoms with Crippen LogP contribution >= 0.6 is 0 Å². The molecule has 1 fully saturated rings. The molecule has 4 nitrogen and oxygen atoms in total. The predicted molar refractivity (Wildman–Crippen MR) is 91.2 cm³/mol. The van der Waals surface area contributed by atoms with Crippen molar-refractivity contribution in [1.82, 2.24) is 9.80 Å². The quantitative estimate of drug-likeness (QED) is 0.352. The molecule has 1 aliphatic heterocycles. The summed E-state index contributed by atoms with van der Waals surface area (Å²) in [5.41, 5.74) is 0. The van der Waals surface area contributed by atoms with Crippen LogP contribution in [0.4, 0.5) is 0 Å². The standard InChI is InChI=1S/C16H34N2O2Si/c1-5-7-8-9-11-17-13-14-18(16(17)21(3)4)12-10-15(19)20-6-2/h16,21H,5-14H2,1-4H3. The summed E-state index contributed by atoms with van der Waals surface area (Å²) in [5.74, 6) is 0.573. The third kappa shape index (κ3) is 6.49. The van der Waals surface area contributed by atoms with Gasteiger partial charge in [0.1, 0.15) is 0 Å². The first kappa shape index (κ1) is 18.7. The molecule has 1 heterocycles. The first-order valence-corrected chi connectivity index (χ1v) is 11.7. The Morgan fingerprint density at radius 1 is 1.10 bits per heavy atom. The fourth-order valence-corrected chi connectivity index (χ4v) is 5.58. The van der Waals surface area contributed by atoms with Gasteiger partial charge in [0.15, 0.2) is 0 Å². The highest BCUT2D eigenvalue weighted by Gasteiger charge is 2.33. The summed E-state index contributed by atoms with van der Waals surface area (Å²) >= 11 is 0. The smallest absolute Gasteiger partial charge is 0.307 e. The van der Waals surface area contributed by atoms with E-state index < -0.39 is 8.80 Å². The Morgan fingerprint density at radius 2 is 1.76 bits per heavy atom. The number of carbonyl (C=O) groups excluding carboxylic acids is 1. The predicted octanol–water partition coefficient (Wildman–Crippen LogP) is 2.49. The summed E-state index contributed by atoms with van der Waals surface area (Å²) in [6, 6.07) is 0. The van der Waals surface area contributed by atoms with Crippen molar-refractivity contribution in [3.63, 3.8) is 0 Å². The molecule has 1 rings (SSSR count). The fourth-order valence-electron chi connectivity index (χ4n) is 3.29. The topological polar surface area (TPSA) is 32.8 Å². The summed E-state index contributed by atoms with van der Waals surface area (Å²) < 4.78 is 5.05. The minimum absolute atomic E-state index is 0.0527. The van der Waals surface area contributed by atoms with Gasteiger partial charge in [-0.05, 0) is 19.9 Å². The fraction of sp³-hybridized carbons (Fsp3) is 0.938. The van der Waals surface area contributed by atoms with Crippen LogP contribution in [0.15, 0.2) is 0 Å². The first-order chi connectivity index (χ1) is 10.1. The molecule has 124 valence electrons. The monoisotopic (exact) mass is 314 g/mol. The highest BCUT2D eigenvalue weighted by Crippen LogP contribution is 2.19. The van der Waals surface area contributed by atoms with Crippen molar-refractivity contribution in [3.8, 4) is 0 Å². The van der Waals surface area contributed by atoms with Gasteiger partial charge in [-0.25, -0.2) is 0 Å². The van der Waals surface area contributed by atoms with Gasteiger partial charge in [0.2, 0.25) is 0 Å². The van der Waals surface area contributed by atoms with Gasteiger partial charge in [0.05, 0.1) is 21.8 Å². The zero-order valence-corrected chi connectivity index (χ0v) is 15.6. The van der Waals surface area contributed by atoms with E-state index in [4.69, 9.17) is 4.74 Å². The third-order valence-corrected chi connectivity index (χ3v) is 6.26. The lowest BCUT2D eigenvalue weighted by Gasteiger charge is -2.33. The third-order valence-electron chi connectivity index (χ3n) is 4.23. The lowest BCUT2D eigenvalue weighted by atomic mass is 10.2. The van der Waals surface area contributed by atoms with E-state index in [1.807, 2.05) is 6.92 Å². The van der Waals surface area contributed by atoms with Crippen LogP contribution in [0.5, 0.6) is 0 Å². The molecule has 0 saturated carbocycles. The van der Waals surface area contributed by atoms with Crippen molar-refractivity contribution in [1.29, 1.82) is 0 Å². The molecule has 0 aliphatic carbocycles. The van der Waals surface area contributed by atoms with Crippen LogP contribution in [-0.2, 0) is 9.53 Å². The molecule has 0 N–H and O–H groups in total. The molecular formula is C16H34N2O2Si. The summed E-state index contributed by atoms with van der Waals surface area (Å²) in [6.45, 7) is 13.8. The molecule has 21 heavy (non-hydrogen) atoms. The van der Waals surface area contributed by atoms with Crippen LogP contribution < -0.4 is 0 Å². The molecular weight excluding hydrogens is 280 g/mol. The zero-order valence-electron chi connectivity index (χ0n) is 14.4. The highest BCUT2D eigenvalue weighted by atomic mass is 28.3. The number of esters is 1. The average Bonchev–Trinajstić information content (AvgIpc) is 2.85. The van der Waals surface area contributed by atoms with Gasteiger partial charge >= 0.3 is 5.97 Å². The van der Waals surface area contributed by atoms with E-state index in [1.165, 1.54) is 38.8 Å². The number of nitrogens with zero attached hydrogens (tertiary/aromatic N) is 2. The number of ether oxygens (including phenoxy) is 1. The van der Waals surface area contributed by atoms with Crippen LogP contribution in [0.25, 0.3) is 0 Å². The maximum Gasteiger partial charge on any atom is 0.307 e. The van der Waals surface area contributed by atoms with E-state index in [0.29, 0.717) is 18.8 Å². The SMILES string of the molecule is CCCCCCN1CCN(CCC(=O)OCC)C1[SiH](C)C. The summed E-state index contributed by atoms with van der Waals surface area (Å²) in [7, 11) is -0.777. The number of hydrogen-bond acceptors (Lipinski definition) is 4. The molecule has 0 spiro atoms. The van der Waals surface area contributed by atoms with E-state index in [0.717, 1.165) is 13.1 Å². The number of carbonyl (C=O) groups is 1. The van der Waals surface area contributed by atoms with Crippen molar-refractivity contribution < 1.29 is 9.53 Å². The second kappa shape index (κ2) is 10.4. The van der Waals surface area contributed by atoms with Gasteiger partial charge in [0.25, 0.3) is 0 Å². The lowest BCUT2D eigenvalue weighted by molar-refractivity contribution is -0.143. The largest absolute Gasteiger partial charge is 0.466 e. The van der Waals surface area contributed by atoms with Crippen molar-refractivity contribution in [2.45, 2.75) is 64.8 Å². The van der Waals surface area contributed by atoms with Gasteiger partial charge in [-0.15, -0.1) is 0 Å². The Hall–Kier alpha value is -0.393. The van der Waals surface area contributed by atoms with Crippen molar-refractivity contribution in [2.24, 2.45) is 0 Å². The normalized spacial score (nSPS) is 20.3. The van der Waals surface area contributed by atoms with Gasteiger partial charge in [-0.1, -0.05) is 39.3 Å². The van der Waals surface area contributed by atoms with E-state index in [9.17, 15) is 4.79 Å². The van der Waals surface area contributed by atoms with Crippen molar-refractivity contribution in [2.75, 3.05) is 32.8 Å². The molecule has 0 radical (unpaired) electrons. The summed E-state index contributed by atoms with van der Waals surface area (Å²) in [6.07, 6.45) is 5.85. The molecule has 0 bridgehead atoms. The number of rotatable bonds is 10. The van der Waals surface area contributed by atoms with Crippen molar-refractivity contribution >= 4 is 14.8 Å². The average molecular weight is 315 g/mol. The molecule has 1 atom stereocenters. The van der Waals surface area contributed by atoms with Crippen LogP contribution in [0.3, 0.4) is 0 Å². The van der Waals surface area contributed by atoms with E-state index in [2.05, 4.69) is 29.8 Å². The second-order valence-electron chi connectivity index (χ2n) is 6.35. The second-order valence-corrected chi connectivity index (χ2v) is 9.43. The summed E-state index contributed by atoms with van der Waals surface area (Å²) in [4.78, 5) is 16.7. The minimum Gasteiger partial charge on any atom is -0.466 e. The Bertz CT molecular complexity index is 300. The maximum atomic E-state index is 11.6. The Kier molecular flexibility index (Phi) is 9.20. The Labute approximate surface area is 132 Å². The van der Waals surface area contributed by atoms with Gasteiger partial charge in [-0.2, -0.15) is 0 Å². The van der Waals surface area contributed by atoms with Gasteiger partial charge in [-0.3, -0.25) is 14.6 Å². The van der Waals surface area contributed by atoms with Gasteiger partial charge in [0, 0.05) is 25.4 Å². The van der Waals surface area contributed by atoms with Gasteiger partial charge < -0.3 is 4.74 Å². The van der Waals surface area contributed by atoms with Crippen LogP contribution in [-0.4, -0.2) is 63.1 Å². The van der Waals surface area contributed by atoms with Crippen LogP contribution in [0.1, 0.15) is 46.0 Å². The van der Waals surface area contributed by atoms with E-state index in [1.54, 1.807) is 0 Å². The lowest BCUT2D eigenvalue weighted by Crippen LogP contribution is -2.48. The molecule has 0 aromatic heterocycles. The highest BCUT2D eigenvalue weighted by molar-refractivity contribution is 6.57. The van der Waals surface area contributed by atoms with Crippen LogP contribution in [0, 0.1) is 0 Å². The van der Waals surface area contributed by atoms with Crippen molar-refractivity contribution in [3.05, 3.63) is 0 Å². The van der Waals surface area contributed by atoms with Crippen LogP contribution in [0.2, 0.25) is 13.1 Å². The molecule has 5 heteroatoms. The van der Waals surface area contributed by atoms with E-state index in [-0.39, 0.29) is 5.97 Å². The molecule has 1 aliphatic rings. The molecule has 1 saturated heterocycles.